The molecule has 1 aromatic carbocycles. The molecule has 2 aliphatic heterocycles. The molecule has 0 saturated carbocycles. The monoisotopic (exact) mass is 272 g/mol. The highest BCUT2D eigenvalue weighted by molar-refractivity contribution is 5.82. The summed E-state index contributed by atoms with van der Waals surface area (Å²) in [4.78, 5) is 14.8. The van der Waals surface area contributed by atoms with Crippen molar-refractivity contribution in [3.8, 4) is 0 Å². The third-order valence-corrected chi connectivity index (χ3v) is 4.59. The first-order valence-corrected chi connectivity index (χ1v) is 7.64. The predicted octanol–water partition coefficient (Wildman–Crippen LogP) is 2.35. The van der Waals surface area contributed by atoms with Crippen LogP contribution in [0.5, 0.6) is 0 Å². The lowest BCUT2D eigenvalue weighted by atomic mass is 9.83. The van der Waals surface area contributed by atoms with Gasteiger partial charge in [-0.05, 0) is 35.8 Å². The second-order valence-corrected chi connectivity index (χ2v) is 6.93. The molecule has 0 bridgehead atoms. The Morgan fingerprint density at radius 3 is 2.80 bits per heavy atom. The number of likely N-dealkylation sites (tertiary alicyclic amines) is 1. The third-order valence-electron chi connectivity index (χ3n) is 4.59. The fraction of sp³-hybridized carbons (Fsp3) is 0.588. The van der Waals surface area contributed by atoms with Crippen LogP contribution in [-0.2, 0) is 17.8 Å². The molecule has 3 nitrogen and oxygen atoms in total. The summed E-state index contributed by atoms with van der Waals surface area (Å²) in [5.41, 5.74) is 2.91. The van der Waals surface area contributed by atoms with E-state index in [-0.39, 0.29) is 17.4 Å². The molecule has 2 heterocycles. The smallest absolute Gasteiger partial charge is 0.240 e. The minimum absolute atomic E-state index is 0.0428. The van der Waals surface area contributed by atoms with Crippen LogP contribution in [-0.4, -0.2) is 29.9 Å². The summed E-state index contributed by atoms with van der Waals surface area (Å²) < 4.78 is 0. The number of hydrogen-bond acceptors (Lipinski definition) is 2. The highest BCUT2D eigenvalue weighted by Crippen LogP contribution is 2.29. The third kappa shape index (κ3) is 2.73. The second-order valence-electron chi connectivity index (χ2n) is 6.93. The molecule has 2 aliphatic rings. The van der Waals surface area contributed by atoms with E-state index in [1.807, 2.05) is 0 Å². The van der Waals surface area contributed by atoms with Gasteiger partial charge in [-0.3, -0.25) is 4.79 Å². The molecule has 0 radical (unpaired) electrons. The zero-order chi connectivity index (χ0) is 14.2. The van der Waals surface area contributed by atoms with Gasteiger partial charge in [0.25, 0.3) is 0 Å². The number of rotatable bonds is 1. The van der Waals surface area contributed by atoms with Gasteiger partial charge in [0.15, 0.2) is 0 Å². The van der Waals surface area contributed by atoms with Gasteiger partial charge in [-0.1, -0.05) is 38.1 Å². The first-order valence-electron chi connectivity index (χ1n) is 7.64. The maximum Gasteiger partial charge on any atom is 0.240 e. The van der Waals surface area contributed by atoms with Crippen molar-refractivity contribution in [2.24, 2.45) is 5.41 Å². The van der Waals surface area contributed by atoms with Crippen LogP contribution in [0.25, 0.3) is 0 Å². The van der Waals surface area contributed by atoms with Crippen LogP contribution in [0, 0.1) is 5.41 Å². The Hall–Kier alpha value is -1.35. The fourth-order valence-corrected chi connectivity index (χ4v) is 3.46. The number of carbonyl (C=O) groups is 1. The Bertz CT molecular complexity index is 509. The quantitative estimate of drug-likeness (QED) is 0.851. The lowest BCUT2D eigenvalue weighted by Gasteiger charge is -2.40. The molecule has 1 unspecified atom stereocenters. The van der Waals surface area contributed by atoms with Gasteiger partial charge in [0.05, 0.1) is 6.04 Å². The van der Waals surface area contributed by atoms with Crippen LogP contribution in [0.3, 0.4) is 0 Å². The molecular weight excluding hydrogens is 248 g/mol. The summed E-state index contributed by atoms with van der Waals surface area (Å²) in [6.45, 7) is 7.14. The number of nitrogens with one attached hydrogen (secondary N) is 1. The van der Waals surface area contributed by atoms with Crippen molar-refractivity contribution in [1.82, 2.24) is 10.2 Å². The topological polar surface area (TPSA) is 32.3 Å². The Balaban J connectivity index is 1.70. The Labute approximate surface area is 121 Å². The largest absolute Gasteiger partial charge is 0.341 e. The van der Waals surface area contributed by atoms with Crippen LogP contribution in [0.15, 0.2) is 24.3 Å². The van der Waals surface area contributed by atoms with Crippen LogP contribution in [0.2, 0.25) is 0 Å². The molecular formula is C17H24N2O. The van der Waals surface area contributed by atoms with Crippen molar-refractivity contribution in [2.75, 3.05) is 13.1 Å². The van der Waals surface area contributed by atoms with Crippen molar-refractivity contribution >= 4 is 5.91 Å². The van der Waals surface area contributed by atoms with Gasteiger partial charge in [0.2, 0.25) is 5.91 Å². The molecule has 0 spiro atoms. The number of fused-ring (bicyclic) bond motifs is 1. The van der Waals surface area contributed by atoms with E-state index in [2.05, 4.69) is 48.3 Å². The molecule has 1 saturated heterocycles. The van der Waals surface area contributed by atoms with Crippen LogP contribution < -0.4 is 5.32 Å². The van der Waals surface area contributed by atoms with Crippen molar-refractivity contribution in [2.45, 2.75) is 45.7 Å². The maximum absolute atomic E-state index is 12.7. The summed E-state index contributed by atoms with van der Waals surface area (Å²) >= 11 is 0. The Morgan fingerprint density at radius 2 is 2.05 bits per heavy atom. The molecule has 1 atom stereocenters. The van der Waals surface area contributed by atoms with Gasteiger partial charge in [0.1, 0.15) is 0 Å². The van der Waals surface area contributed by atoms with E-state index in [0.717, 1.165) is 32.5 Å². The Morgan fingerprint density at radius 1 is 1.30 bits per heavy atom. The first kappa shape index (κ1) is 13.6. The van der Waals surface area contributed by atoms with E-state index in [1.54, 1.807) is 0 Å². The van der Waals surface area contributed by atoms with Crippen molar-refractivity contribution in [3.63, 3.8) is 0 Å². The van der Waals surface area contributed by atoms with Crippen molar-refractivity contribution in [1.29, 1.82) is 0 Å². The zero-order valence-electron chi connectivity index (χ0n) is 12.5. The van der Waals surface area contributed by atoms with Gasteiger partial charge in [-0.2, -0.15) is 0 Å². The van der Waals surface area contributed by atoms with E-state index in [9.17, 15) is 4.79 Å². The van der Waals surface area contributed by atoms with Crippen molar-refractivity contribution < 1.29 is 4.79 Å². The van der Waals surface area contributed by atoms with E-state index < -0.39 is 0 Å². The van der Waals surface area contributed by atoms with E-state index in [1.165, 1.54) is 17.5 Å². The molecule has 0 aliphatic carbocycles. The molecule has 1 fully saturated rings. The molecule has 1 N–H and O–H groups in total. The van der Waals surface area contributed by atoms with Gasteiger partial charge in [0, 0.05) is 19.6 Å². The van der Waals surface area contributed by atoms with Gasteiger partial charge in [-0.15, -0.1) is 0 Å². The summed E-state index contributed by atoms with van der Waals surface area (Å²) in [7, 11) is 0. The lowest BCUT2D eigenvalue weighted by Crippen LogP contribution is -2.53. The SMILES string of the molecule is CC1(C)CCCN(C(=O)C2Cc3ccccc3CN2)C1. The minimum Gasteiger partial charge on any atom is -0.341 e. The number of hydrogen-bond donors (Lipinski definition) is 1. The highest BCUT2D eigenvalue weighted by atomic mass is 16.2. The molecule has 20 heavy (non-hydrogen) atoms. The fourth-order valence-electron chi connectivity index (χ4n) is 3.46. The molecule has 1 amide bonds. The summed E-state index contributed by atoms with van der Waals surface area (Å²) in [6, 6.07) is 8.38. The number of amides is 1. The summed E-state index contributed by atoms with van der Waals surface area (Å²) in [5.74, 6) is 0.285. The summed E-state index contributed by atoms with van der Waals surface area (Å²) in [5, 5.41) is 3.41. The van der Waals surface area contributed by atoms with E-state index in [4.69, 9.17) is 0 Å². The average molecular weight is 272 g/mol. The van der Waals surface area contributed by atoms with Crippen molar-refractivity contribution in [3.05, 3.63) is 35.4 Å². The maximum atomic E-state index is 12.7. The second kappa shape index (κ2) is 5.21. The predicted molar refractivity (Wildman–Crippen MR) is 80.4 cm³/mol. The number of piperidine rings is 1. The number of carbonyl (C=O) groups excluding carboxylic acids is 1. The van der Waals surface area contributed by atoms with Gasteiger partial charge < -0.3 is 10.2 Å². The normalized spacial score (nSPS) is 25.1. The molecule has 1 aromatic rings. The molecule has 3 heteroatoms. The van der Waals surface area contributed by atoms with Crippen LogP contribution in [0.1, 0.15) is 37.8 Å². The molecule has 108 valence electrons. The van der Waals surface area contributed by atoms with E-state index in [0.29, 0.717) is 0 Å². The molecule has 0 aromatic heterocycles. The van der Waals surface area contributed by atoms with E-state index >= 15 is 0 Å². The molecule has 3 rings (SSSR count). The average Bonchev–Trinajstić information content (AvgIpc) is 2.45. The lowest BCUT2D eigenvalue weighted by molar-refractivity contribution is -0.136. The van der Waals surface area contributed by atoms with Gasteiger partial charge in [-0.25, -0.2) is 0 Å². The number of nitrogens with zero attached hydrogens (tertiary/aromatic N) is 1. The van der Waals surface area contributed by atoms with Gasteiger partial charge >= 0.3 is 0 Å². The zero-order valence-corrected chi connectivity index (χ0v) is 12.5. The first-order chi connectivity index (χ1) is 9.55. The van der Waals surface area contributed by atoms with Crippen LogP contribution >= 0.6 is 0 Å². The highest BCUT2D eigenvalue weighted by Gasteiger charge is 2.33. The summed E-state index contributed by atoms with van der Waals surface area (Å²) in [6.07, 6.45) is 3.17. The minimum atomic E-state index is -0.0428. The standard InChI is InChI=1S/C17H24N2O/c1-17(2)8-5-9-19(12-17)16(20)15-10-13-6-3-4-7-14(13)11-18-15/h3-4,6-7,15,18H,5,8-12H2,1-2H3. The number of benzene rings is 1. The Kier molecular flexibility index (Phi) is 3.55. The van der Waals surface area contributed by atoms with Crippen LogP contribution in [0.4, 0.5) is 0 Å².